The number of ether oxygens (including phenoxy) is 1. The van der Waals surface area contributed by atoms with Crippen LogP contribution in [0.4, 0.5) is 0 Å². The van der Waals surface area contributed by atoms with Crippen molar-refractivity contribution < 1.29 is 9.15 Å². The predicted octanol–water partition coefficient (Wildman–Crippen LogP) is 5.20. The summed E-state index contributed by atoms with van der Waals surface area (Å²) < 4.78 is 11.8. The Labute approximate surface area is 124 Å². The van der Waals surface area contributed by atoms with Crippen LogP contribution in [0.15, 0.2) is 52.9 Å². The molecule has 1 aromatic heterocycles. The second-order valence-electron chi connectivity index (χ2n) is 5.78. The predicted molar refractivity (Wildman–Crippen MR) is 83.7 cm³/mol. The van der Waals surface area contributed by atoms with Gasteiger partial charge in [-0.2, -0.15) is 0 Å². The van der Waals surface area contributed by atoms with Crippen molar-refractivity contribution >= 4 is 11.0 Å². The first kappa shape index (κ1) is 12.5. The van der Waals surface area contributed by atoms with Crippen molar-refractivity contribution in [2.45, 2.75) is 32.3 Å². The highest BCUT2D eigenvalue weighted by Gasteiger charge is 2.29. The van der Waals surface area contributed by atoms with E-state index >= 15 is 0 Å². The highest BCUT2D eigenvalue weighted by Crippen LogP contribution is 2.46. The third-order valence-electron chi connectivity index (χ3n) is 4.12. The molecule has 0 atom stereocenters. The first-order valence-corrected chi connectivity index (χ1v) is 7.51. The minimum absolute atomic E-state index is 0.599. The van der Waals surface area contributed by atoms with Gasteiger partial charge < -0.3 is 9.15 Å². The maximum Gasteiger partial charge on any atom is 0.134 e. The average molecular weight is 278 g/mol. The molecule has 106 valence electrons. The Morgan fingerprint density at radius 1 is 1.10 bits per heavy atom. The standard InChI is InChI=1S/C19H18O2/c1-13-19(15-7-8-15)17-11-16(9-10-18(17)21-13)20-12-14-5-3-2-4-6-14/h2-6,9-11,15H,7-8,12H2,1H3. The fourth-order valence-corrected chi connectivity index (χ4v) is 2.93. The molecule has 0 bridgehead atoms. The lowest BCUT2D eigenvalue weighted by Crippen LogP contribution is -1.94. The van der Waals surface area contributed by atoms with Crippen LogP contribution in [-0.4, -0.2) is 0 Å². The van der Waals surface area contributed by atoms with Gasteiger partial charge in [-0.05, 0) is 49.4 Å². The Balaban J connectivity index is 1.62. The number of fused-ring (bicyclic) bond motifs is 1. The number of benzene rings is 2. The van der Waals surface area contributed by atoms with Gasteiger partial charge in [-0.3, -0.25) is 0 Å². The molecule has 4 rings (SSSR count). The van der Waals surface area contributed by atoms with Gasteiger partial charge in [0.05, 0.1) is 0 Å². The summed E-state index contributed by atoms with van der Waals surface area (Å²) in [5.74, 6) is 2.66. The van der Waals surface area contributed by atoms with Gasteiger partial charge in [0.2, 0.25) is 0 Å². The van der Waals surface area contributed by atoms with Crippen molar-refractivity contribution in [2.75, 3.05) is 0 Å². The van der Waals surface area contributed by atoms with Gasteiger partial charge in [0.25, 0.3) is 0 Å². The zero-order valence-corrected chi connectivity index (χ0v) is 12.1. The Kier molecular flexibility index (Phi) is 2.95. The highest BCUT2D eigenvalue weighted by atomic mass is 16.5. The third-order valence-corrected chi connectivity index (χ3v) is 4.12. The molecule has 0 saturated heterocycles. The Bertz CT molecular complexity index is 767. The van der Waals surface area contributed by atoms with Crippen LogP contribution in [0.2, 0.25) is 0 Å². The molecule has 1 saturated carbocycles. The molecule has 2 nitrogen and oxygen atoms in total. The molecule has 0 aliphatic heterocycles. The van der Waals surface area contributed by atoms with E-state index in [1.807, 2.05) is 30.3 Å². The summed E-state index contributed by atoms with van der Waals surface area (Å²) in [6.07, 6.45) is 2.56. The van der Waals surface area contributed by atoms with Crippen LogP contribution in [0.3, 0.4) is 0 Å². The number of furan rings is 1. The molecule has 21 heavy (non-hydrogen) atoms. The summed E-state index contributed by atoms with van der Waals surface area (Å²) in [5.41, 5.74) is 3.54. The van der Waals surface area contributed by atoms with Crippen LogP contribution in [0.5, 0.6) is 5.75 Å². The molecule has 0 N–H and O–H groups in total. The first-order chi connectivity index (χ1) is 10.3. The minimum Gasteiger partial charge on any atom is -0.489 e. The number of aryl methyl sites for hydroxylation is 1. The van der Waals surface area contributed by atoms with Gasteiger partial charge >= 0.3 is 0 Å². The third kappa shape index (κ3) is 2.42. The lowest BCUT2D eigenvalue weighted by molar-refractivity contribution is 0.306. The lowest BCUT2D eigenvalue weighted by Gasteiger charge is -2.06. The van der Waals surface area contributed by atoms with Gasteiger partial charge in [0.15, 0.2) is 0 Å². The SMILES string of the molecule is Cc1oc2ccc(OCc3ccccc3)cc2c1C1CC1. The second-order valence-corrected chi connectivity index (χ2v) is 5.78. The fourth-order valence-electron chi connectivity index (χ4n) is 2.93. The van der Waals surface area contributed by atoms with Crippen molar-refractivity contribution in [2.24, 2.45) is 0 Å². The van der Waals surface area contributed by atoms with Crippen LogP contribution in [0.1, 0.15) is 35.6 Å². The first-order valence-electron chi connectivity index (χ1n) is 7.51. The van der Waals surface area contributed by atoms with Gasteiger partial charge in [-0.15, -0.1) is 0 Å². The van der Waals surface area contributed by atoms with E-state index in [9.17, 15) is 0 Å². The molecule has 2 heteroatoms. The van der Waals surface area contributed by atoms with Gasteiger partial charge in [0, 0.05) is 10.9 Å². The average Bonchev–Trinajstić information content (AvgIpc) is 3.28. The highest BCUT2D eigenvalue weighted by molar-refractivity contribution is 5.84. The zero-order chi connectivity index (χ0) is 14.2. The summed E-state index contributed by atoms with van der Waals surface area (Å²) in [5, 5.41) is 1.22. The number of hydrogen-bond donors (Lipinski definition) is 0. The van der Waals surface area contributed by atoms with Crippen molar-refractivity contribution in [3.8, 4) is 5.75 Å². The van der Waals surface area contributed by atoms with Crippen molar-refractivity contribution in [3.05, 3.63) is 65.4 Å². The van der Waals surface area contributed by atoms with Gasteiger partial charge in [-0.25, -0.2) is 0 Å². The monoisotopic (exact) mass is 278 g/mol. The molecular formula is C19H18O2. The molecule has 0 radical (unpaired) electrons. The summed E-state index contributed by atoms with van der Waals surface area (Å²) >= 11 is 0. The van der Waals surface area contributed by atoms with E-state index in [0.29, 0.717) is 12.5 Å². The van der Waals surface area contributed by atoms with Gasteiger partial charge in [-0.1, -0.05) is 30.3 Å². The van der Waals surface area contributed by atoms with E-state index in [2.05, 4.69) is 25.1 Å². The summed E-state index contributed by atoms with van der Waals surface area (Å²) in [6.45, 7) is 2.67. The number of hydrogen-bond acceptors (Lipinski definition) is 2. The van der Waals surface area contributed by atoms with Crippen molar-refractivity contribution in [1.82, 2.24) is 0 Å². The molecule has 1 heterocycles. The summed E-state index contributed by atoms with van der Waals surface area (Å²) in [4.78, 5) is 0. The molecule has 0 amide bonds. The summed E-state index contributed by atoms with van der Waals surface area (Å²) in [7, 11) is 0. The van der Waals surface area contributed by atoms with Crippen LogP contribution in [0.25, 0.3) is 11.0 Å². The van der Waals surface area contributed by atoms with E-state index in [0.717, 1.165) is 17.1 Å². The topological polar surface area (TPSA) is 22.4 Å². The van der Waals surface area contributed by atoms with E-state index < -0.39 is 0 Å². The molecular weight excluding hydrogens is 260 g/mol. The molecule has 0 spiro atoms. The molecule has 3 aromatic rings. The quantitative estimate of drug-likeness (QED) is 0.654. The van der Waals surface area contributed by atoms with Crippen LogP contribution in [0, 0.1) is 6.92 Å². The smallest absolute Gasteiger partial charge is 0.134 e. The Hall–Kier alpha value is -2.22. The molecule has 0 unspecified atom stereocenters. The van der Waals surface area contributed by atoms with Crippen molar-refractivity contribution in [1.29, 1.82) is 0 Å². The molecule has 1 fully saturated rings. The van der Waals surface area contributed by atoms with Crippen molar-refractivity contribution in [3.63, 3.8) is 0 Å². The maximum absolute atomic E-state index is 5.92. The maximum atomic E-state index is 5.92. The van der Waals surface area contributed by atoms with E-state index in [-0.39, 0.29) is 0 Å². The minimum atomic E-state index is 0.599. The van der Waals surface area contributed by atoms with Gasteiger partial charge in [0.1, 0.15) is 23.7 Å². The molecule has 1 aliphatic rings. The lowest BCUT2D eigenvalue weighted by atomic mass is 10.1. The fraction of sp³-hybridized carbons (Fsp3) is 0.263. The normalized spacial score (nSPS) is 14.5. The molecule has 2 aromatic carbocycles. The van der Waals surface area contributed by atoms with Crippen LogP contribution >= 0.6 is 0 Å². The molecule has 1 aliphatic carbocycles. The zero-order valence-electron chi connectivity index (χ0n) is 12.1. The Morgan fingerprint density at radius 2 is 1.90 bits per heavy atom. The van der Waals surface area contributed by atoms with E-state index in [1.165, 1.54) is 29.4 Å². The van der Waals surface area contributed by atoms with Crippen LogP contribution < -0.4 is 4.74 Å². The Morgan fingerprint density at radius 3 is 2.67 bits per heavy atom. The largest absolute Gasteiger partial charge is 0.489 e. The van der Waals surface area contributed by atoms with Crippen LogP contribution in [-0.2, 0) is 6.61 Å². The van der Waals surface area contributed by atoms with E-state index in [1.54, 1.807) is 0 Å². The second kappa shape index (κ2) is 4.96. The summed E-state index contributed by atoms with van der Waals surface area (Å²) in [6, 6.07) is 16.4. The van der Waals surface area contributed by atoms with E-state index in [4.69, 9.17) is 9.15 Å². The number of rotatable bonds is 4.